The summed E-state index contributed by atoms with van der Waals surface area (Å²) in [4.78, 5) is 11.2. The second-order valence-corrected chi connectivity index (χ2v) is 3.77. The zero-order chi connectivity index (χ0) is 13.7. The first-order valence-corrected chi connectivity index (χ1v) is 5.64. The van der Waals surface area contributed by atoms with Gasteiger partial charge in [-0.3, -0.25) is 0 Å². The Kier molecular flexibility index (Phi) is 3.84. The van der Waals surface area contributed by atoms with Crippen molar-refractivity contribution in [2.24, 2.45) is 0 Å². The molecule has 1 N–H and O–H groups in total. The SMILES string of the molecule is COC(=O)c1ccc(CNc2ccccc2C#N)o1. The monoisotopic (exact) mass is 256 g/mol. The van der Waals surface area contributed by atoms with Crippen molar-refractivity contribution >= 4 is 11.7 Å². The highest BCUT2D eigenvalue weighted by molar-refractivity contribution is 5.86. The number of hydrogen-bond donors (Lipinski definition) is 1. The van der Waals surface area contributed by atoms with Crippen LogP contribution in [0.2, 0.25) is 0 Å². The van der Waals surface area contributed by atoms with Crippen LogP contribution in [0, 0.1) is 11.3 Å². The summed E-state index contributed by atoms with van der Waals surface area (Å²) in [7, 11) is 1.30. The fourth-order valence-corrected chi connectivity index (χ4v) is 1.60. The minimum Gasteiger partial charge on any atom is -0.463 e. The van der Waals surface area contributed by atoms with Crippen LogP contribution < -0.4 is 5.32 Å². The Morgan fingerprint density at radius 1 is 1.37 bits per heavy atom. The molecule has 19 heavy (non-hydrogen) atoms. The number of carbonyl (C=O) groups excluding carboxylic acids is 1. The van der Waals surface area contributed by atoms with Crippen LogP contribution in [0.15, 0.2) is 40.8 Å². The Hall–Kier alpha value is -2.74. The minimum absolute atomic E-state index is 0.160. The molecule has 96 valence electrons. The third kappa shape index (κ3) is 2.93. The lowest BCUT2D eigenvalue weighted by atomic mass is 10.2. The molecule has 0 fully saturated rings. The van der Waals surface area contributed by atoms with Crippen molar-refractivity contribution in [2.75, 3.05) is 12.4 Å². The van der Waals surface area contributed by atoms with Crippen molar-refractivity contribution < 1.29 is 13.9 Å². The van der Waals surface area contributed by atoms with Crippen LogP contribution in [0.25, 0.3) is 0 Å². The van der Waals surface area contributed by atoms with E-state index in [1.54, 1.807) is 24.3 Å². The molecular weight excluding hydrogens is 244 g/mol. The summed E-state index contributed by atoms with van der Waals surface area (Å²) in [6, 6.07) is 12.5. The van der Waals surface area contributed by atoms with Crippen LogP contribution in [0.3, 0.4) is 0 Å². The number of carbonyl (C=O) groups is 1. The maximum absolute atomic E-state index is 11.2. The lowest BCUT2D eigenvalue weighted by Gasteiger charge is -2.05. The molecule has 0 amide bonds. The quantitative estimate of drug-likeness (QED) is 0.851. The number of anilines is 1. The highest BCUT2D eigenvalue weighted by Crippen LogP contribution is 2.16. The standard InChI is InChI=1S/C14H12N2O3/c1-18-14(17)13-7-6-11(19-13)9-16-12-5-3-2-4-10(12)8-15/h2-7,16H,9H2,1H3. The normalized spacial score (nSPS) is 9.68. The van der Waals surface area contributed by atoms with Gasteiger partial charge in [0.1, 0.15) is 11.8 Å². The number of methoxy groups -OCH3 is 1. The molecule has 1 heterocycles. The Balaban J connectivity index is 2.05. The van der Waals surface area contributed by atoms with E-state index in [1.807, 2.05) is 12.1 Å². The first-order valence-electron chi connectivity index (χ1n) is 5.64. The van der Waals surface area contributed by atoms with Crippen molar-refractivity contribution in [1.29, 1.82) is 5.26 Å². The average Bonchev–Trinajstić information content (AvgIpc) is 2.93. The Labute approximate surface area is 110 Å². The van der Waals surface area contributed by atoms with Crippen LogP contribution >= 0.6 is 0 Å². The van der Waals surface area contributed by atoms with Gasteiger partial charge in [-0.25, -0.2) is 4.79 Å². The van der Waals surface area contributed by atoms with Gasteiger partial charge >= 0.3 is 5.97 Å². The number of nitrogens with one attached hydrogen (secondary N) is 1. The van der Waals surface area contributed by atoms with Gasteiger partial charge < -0.3 is 14.5 Å². The third-order valence-corrected chi connectivity index (χ3v) is 2.55. The van der Waals surface area contributed by atoms with Gasteiger partial charge in [-0.2, -0.15) is 5.26 Å². The van der Waals surface area contributed by atoms with Gasteiger partial charge in [0, 0.05) is 0 Å². The van der Waals surface area contributed by atoms with E-state index in [4.69, 9.17) is 9.68 Å². The molecule has 0 saturated heterocycles. The van der Waals surface area contributed by atoms with Gasteiger partial charge in [-0.1, -0.05) is 12.1 Å². The molecule has 0 radical (unpaired) electrons. The van der Waals surface area contributed by atoms with Gasteiger partial charge in [0.25, 0.3) is 0 Å². The molecule has 1 aromatic heterocycles. The number of esters is 1. The van der Waals surface area contributed by atoms with E-state index >= 15 is 0 Å². The zero-order valence-electron chi connectivity index (χ0n) is 10.3. The highest BCUT2D eigenvalue weighted by atomic mass is 16.5. The fourth-order valence-electron chi connectivity index (χ4n) is 1.60. The number of para-hydroxylation sites is 1. The topological polar surface area (TPSA) is 75.3 Å². The number of nitrogens with zero attached hydrogens (tertiary/aromatic N) is 1. The van der Waals surface area contributed by atoms with Gasteiger partial charge in [-0.15, -0.1) is 0 Å². The summed E-state index contributed by atoms with van der Waals surface area (Å²) >= 11 is 0. The molecule has 5 nitrogen and oxygen atoms in total. The number of ether oxygens (including phenoxy) is 1. The van der Waals surface area contributed by atoms with E-state index in [9.17, 15) is 4.79 Å². The Morgan fingerprint density at radius 2 is 2.16 bits per heavy atom. The second kappa shape index (κ2) is 5.74. The molecule has 5 heteroatoms. The number of nitriles is 1. The molecule has 0 unspecified atom stereocenters. The largest absolute Gasteiger partial charge is 0.463 e. The summed E-state index contributed by atoms with van der Waals surface area (Å²) in [6.07, 6.45) is 0. The van der Waals surface area contributed by atoms with E-state index in [0.29, 0.717) is 17.9 Å². The maximum atomic E-state index is 11.2. The van der Waals surface area contributed by atoms with E-state index in [0.717, 1.165) is 5.69 Å². The number of benzene rings is 1. The zero-order valence-corrected chi connectivity index (χ0v) is 10.3. The molecule has 0 bridgehead atoms. The summed E-state index contributed by atoms with van der Waals surface area (Å²) < 4.78 is 9.86. The summed E-state index contributed by atoms with van der Waals surface area (Å²) in [5.41, 5.74) is 1.28. The highest BCUT2D eigenvalue weighted by Gasteiger charge is 2.11. The van der Waals surface area contributed by atoms with Crippen LogP contribution in [-0.2, 0) is 11.3 Å². The predicted molar refractivity (Wildman–Crippen MR) is 68.5 cm³/mol. The lowest BCUT2D eigenvalue weighted by Crippen LogP contribution is -2.01. The van der Waals surface area contributed by atoms with Gasteiger partial charge in [0.15, 0.2) is 0 Å². The Morgan fingerprint density at radius 3 is 2.89 bits per heavy atom. The number of rotatable bonds is 4. The summed E-state index contributed by atoms with van der Waals surface area (Å²) in [5.74, 6) is 0.240. The second-order valence-electron chi connectivity index (χ2n) is 3.77. The summed E-state index contributed by atoms with van der Waals surface area (Å²) in [6.45, 7) is 0.385. The third-order valence-electron chi connectivity index (χ3n) is 2.55. The fraction of sp³-hybridized carbons (Fsp3) is 0.143. The Bertz CT molecular complexity index is 626. The van der Waals surface area contributed by atoms with Crippen LogP contribution in [0.4, 0.5) is 5.69 Å². The lowest BCUT2D eigenvalue weighted by molar-refractivity contribution is 0.0563. The van der Waals surface area contributed by atoms with E-state index in [2.05, 4.69) is 16.1 Å². The molecule has 1 aromatic carbocycles. The molecule has 0 aliphatic rings. The summed E-state index contributed by atoms with van der Waals surface area (Å²) in [5, 5.41) is 12.0. The number of hydrogen-bond acceptors (Lipinski definition) is 5. The van der Waals surface area contributed by atoms with Crippen LogP contribution in [0.5, 0.6) is 0 Å². The number of furan rings is 1. The van der Waals surface area contributed by atoms with Crippen molar-refractivity contribution in [3.05, 3.63) is 53.5 Å². The molecule has 0 atom stereocenters. The van der Waals surface area contributed by atoms with Crippen molar-refractivity contribution in [3.8, 4) is 6.07 Å². The predicted octanol–water partition coefficient (Wildman–Crippen LogP) is 2.55. The van der Waals surface area contributed by atoms with Crippen LogP contribution in [-0.4, -0.2) is 13.1 Å². The van der Waals surface area contributed by atoms with Gasteiger partial charge in [-0.05, 0) is 24.3 Å². The van der Waals surface area contributed by atoms with Crippen molar-refractivity contribution in [3.63, 3.8) is 0 Å². The first-order chi connectivity index (χ1) is 9.24. The minimum atomic E-state index is -0.510. The van der Waals surface area contributed by atoms with Crippen LogP contribution in [0.1, 0.15) is 21.9 Å². The molecular formula is C14H12N2O3. The van der Waals surface area contributed by atoms with Gasteiger partial charge in [0.2, 0.25) is 5.76 Å². The molecule has 0 saturated carbocycles. The molecule has 2 rings (SSSR count). The van der Waals surface area contributed by atoms with E-state index in [-0.39, 0.29) is 5.76 Å². The van der Waals surface area contributed by atoms with Gasteiger partial charge in [0.05, 0.1) is 24.9 Å². The first kappa shape index (κ1) is 12.7. The van der Waals surface area contributed by atoms with Crippen molar-refractivity contribution in [1.82, 2.24) is 0 Å². The van der Waals surface area contributed by atoms with E-state index < -0.39 is 5.97 Å². The van der Waals surface area contributed by atoms with E-state index in [1.165, 1.54) is 7.11 Å². The maximum Gasteiger partial charge on any atom is 0.373 e. The smallest absolute Gasteiger partial charge is 0.373 e. The molecule has 0 aliphatic carbocycles. The molecule has 2 aromatic rings. The molecule has 0 spiro atoms. The molecule has 0 aliphatic heterocycles. The van der Waals surface area contributed by atoms with Crippen molar-refractivity contribution in [2.45, 2.75) is 6.54 Å². The average molecular weight is 256 g/mol.